The van der Waals surface area contributed by atoms with E-state index in [0.717, 1.165) is 44.2 Å². The number of hydrogen-bond acceptors (Lipinski definition) is 10. The van der Waals surface area contributed by atoms with Crippen molar-refractivity contribution in [2.45, 2.75) is 68.6 Å². The van der Waals surface area contributed by atoms with Gasteiger partial charge in [-0.25, -0.2) is 4.98 Å². The fourth-order valence-electron chi connectivity index (χ4n) is 6.29. The highest BCUT2D eigenvalue weighted by molar-refractivity contribution is 7.70. The number of rotatable bonds is 7. The Bertz CT molecular complexity index is 1560. The topological polar surface area (TPSA) is 201 Å². The molecule has 2 aliphatic heterocycles. The molecule has 0 radical (unpaired) electrons. The lowest BCUT2D eigenvalue weighted by molar-refractivity contribution is -0.0483. The minimum Gasteiger partial charge on any atom is -0.387 e. The second-order valence-corrected chi connectivity index (χ2v) is 15.2. The molecule has 1 spiro atoms. The van der Waals surface area contributed by atoms with Crippen LogP contribution >= 0.6 is 26.8 Å². The molecule has 2 fully saturated rings. The Kier molecular flexibility index (Phi) is 7.56. The first kappa shape index (κ1) is 29.1. The van der Waals surface area contributed by atoms with Gasteiger partial charge in [0.1, 0.15) is 18.3 Å². The minimum absolute atomic E-state index is 0.0452. The summed E-state index contributed by atoms with van der Waals surface area (Å²) in [6.07, 6.45) is 1.94. The van der Waals surface area contributed by atoms with E-state index in [9.17, 15) is 24.2 Å². The van der Waals surface area contributed by atoms with E-state index in [4.69, 9.17) is 30.6 Å². The maximum absolute atomic E-state index is 12.1. The van der Waals surface area contributed by atoms with E-state index in [0.29, 0.717) is 11.3 Å². The summed E-state index contributed by atoms with van der Waals surface area (Å²) in [6, 6.07) is 8.16. The van der Waals surface area contributed by atoms with Gasteiger partial charge in [-0.05, 0) is 42.5 Å². The van der Waals surface area contributed by atoms with E-state index in [2.05, 4.69) is 32.0 Å². The highest BCUT2D eigenvalue weighted by Gasteiger charge is 2.48. The van der Waals surface area contributed by atoms with Crippen molar-refractivity contribution < 1.29 is 43.3 Å². The summed E-state index contributed by atoms with van der Waals surface area (Å²) >= 11 is 6.45. The van der Waals surface area contributed by atoms with E-state index in [1.807, 2.05) is 12.1 Å². The maximum Gasteiger partial charge on any atom is 0.340 e. The molecule has 6 rings (SSSR count). The van der Waals surface area contributed by atoms with Gasteiger partial charge in [0.05, 0.1) is 18.5 Å². The lowest BCUT2D eigenvalue weighted by Crippen LogP contribution is -2.46. The molecule has 2 aromatic heterocycles. The van der Waals surface area contributed by atoms with Gasteiger partial charge in [0.25, 0.3) is 0 Å². The van der Waals surface area contributed by atoms with E-state index in [-0.39, 0.29) is 16.5 Å². The lowest BCUT2D eigenvalue weighted by Gasteiger charge is -2.42. The number of fused-ring (bicyclic) bond motifs is 2. The summed E-state index contributed by atoms with van der Waals surface area (Å²) < 4.78 is 35.2. The Morgan fingerprint density at radius 3 is 2.54 bits per heavy atom. The molecule has 1 saturated heterocycles. The zero-order valence-corrected chi connectivity index (χ0v) is 24.3. The Morgan fingerprint density at radius 2 is 1.80 bits per heavy atom. The van der Waals surface area contributed by atoms with Gasteiger partial charge >= 0.3 is 15.2 Å². The molecule has 0 amide bonds. The molecular weight excluding hydrogens is 600 g/mol. The van der Waals surface area contributed by atoms with Gasteiger partial charge in [0.15, 0.2) is 29.1 Å². The highest BCUT2D eigenvalue weighted by Crippen LogP contribution is 2.56. The van der Waals surface area contributed by atoms with Crippen molar-refractivity contribution >= 4 is 49.5 Å². The zero-order valence-electron chi connectivity index (χ0n) is 21.7. The Balaban J connectivity index is 1.33. The maximum atomic E-state index is 12.1. The molecule has 5 atom stereocenters. The molecule has 3 aliphatic rings. The predicted molar refractivity (Wildman–Crippen MR) is 147 cm³/mol. The summed E-state index contributed by atoms with van der Waals surface area (Å²) in [5, 5.41) is 21.4. The summed E-state index contributed by atoms with van der Waals surface area (Å²) in [6.45, 7) is -0.705. The van der Waals surface area contributed by atoms with Gasteiger partial charge in [-0.1, -0.05) is 37.5 Å². The molecule has 3 aromatic rings. The molecule has 14 nitrogen and oxygen atoms in total. The Hall–Kier alpha value is -1.96. The van der Waals surface area contributed by atoms with Crippen molar-refractivity contribution in [3.05, 3.63) is 41.4 Å². The average Bonchev–Trinajstić information content (AvgIpc) is 3.53. The number of halogens is 1. The van der Waals surface area contributed by atoms with Gasteiger partial charge in [-0.3, -0.25) is 13.7 Å². The molecule has 0 bridgehead atoms. The van der Waals surface area contributed by atoms with Crippen LogP contribution in [0.5, 0.6) is 0 Å². The van der Waals surface area contributed by atoms with E-state index < -0.39 is 52.2 Å². The number of ether oxygens (including phenoxy) is 1. The van der Waals surface area contributed by atoms with Gasteiger partial charge in [-0.2, -0.15) is 9.97 Å². The van der Waals surface area contributed by atoms with Crippen LogP contribution in [0.1, 0.15) is 43.9 Å². The fraction of sp³-hybridized carbons (Fsp3) is 0.542. The predicted octanol–water partition coefficient (Wildman–Crippen LogP) is 2.83. The first-order chi connectivity index (χ1) is 19.4. The molecule has 17 heteroatoms. The average molecular weight is 630 g/mol. The number of aliphatic hydroxyl groups is 2. The summed E-state index contributed by atoms with van der Waals surface area (Å²) in [5.41, 5.74) is 2.71. The van der Waals surface area contributed by atoms with Gasteiger partial charge in [-0.15, -0.1) is 0 Å². The van der Waals surface area contributed by atoms with E-state index >= 15 is 0 Å². The standard InChI is InChI=1S/C24H30ClN5O9P2/c25-23-27-20-17(21(28-23)30-15-7-3-2-6-14(15)10-24(30)8-4-1-5-9-24)26-12-29(20)22-19(32)18(31)16(39-22)11-38-41(36,37)13-40(33,34)35/h2-3,6-7,12,16,18-19,22,31-32H,1,4-5,8-11,13H2,(H,36,37)(H2,33,34,35). The van der Waals surface area contributed by atoms with Crippen LogP contribution in [0, 0.1) is 0 Å². The Labute approximate surface area is 239 Å². The van der Waals surface area contributed by atoms with E-state index in [1.165, 1.54) is 16.5 Å². The number of anilines is 2. The molecule has 1 aromatic carbocycles. The van der Waals surface area contributed by atoms with Crippen molar-refractivity contribution in [3.8, 4) is 0 Å². The number of imidazole rings is 1. The van der Waals surface area contributed by atoms with Gasteiger partial charge in [0, 0.05) is 5.69 Å². The first-order valence-electron chi connectivity index (χ1n) is 13.2. The van der Waals surface area contributed by atoms with Crippen molar-refractivity contribution in [2.24, 2.45) is 0 Å². The van der Waals surface area contributed by atoms with Crippen molar-refractivity contribution in [2.75, 3.05) is 17.4 Å². The number of nitrogens with zero attached hydrogens (tertiary/aromatic N) is 5. The second-order valence-electron chi connectivity index (χ2n) is 10.9. The molecule has 4 heterocycles. The number of aromatic nitrogens is 4. The molecule has 41 heavy (non-hydrogen) atoms. The highest BCUT2D eigenvalue weighted by atomic mass is 35.5. The SMILES string of the molecule is O=P(O)(O)CP(=O)(O)OCC1OC(n2cnc3c(N4c5ccccc5CC45CCCCC5)nc(Cl)nc32)C(O)C1O. The third kappa shape index (κ3) is 5.47. The molecule has 5 unspecified atom stereocenters. The van der Waals surface area contributed by atoms with Crippen LogP contribution < -0.4 is 4.90 Å². The molecular formula is C24H30ClN5O9P2. The quantitative estimate of drug-likeness (QED) is 0.189. The second kappa shape index (κ2) is 10.6. The van der Waals surface area contributed by atoms with Crippen LogP contribution in [0.4, 0.5) is 11.5 Å². The Morgan fingerprint density at radius 1 is 1.07 bits per heavy atom. The zero-order chi connectivity index (χ0) is 29.2. The van der Waals surface area contributed by atoms with Crippen molar-refractivity contribution in [1.29, 1.82) is 0 Å². The summed E-state index contributed by atoms with van der Waals surface area (Å²) in [5.74, 6) is -0.863. The largest absolute Gasteiger partial charge is 0.387 e. The first-order valence-corrected chi connectivity index (χ1v) is 17.1. The fourth-order valence-corrected chi connectivity index (χ4v) is 9.02. The van der Waals surface area contributed by atoms with Crippen molar-refractivity contribution in [3.63, 3.8) is 0 Å². The lowest BCUT2D eigenvalue weighted by atomic mass is 9.79. The number of para-hydroxylation sites is 1. The van der Waals surface area contributed by atoms with Crippen molar-refractivity contribution in [1.82, 2.24) is 19.5 Å². The number of hydrogen-bond donors (Lipinski definition) is 5. The molecule has 222 valence electrons. The van der Waals surface area contributed by atoms with Crippen LogP contribution in [0.3, 0.4) is 0 Å². The third-order valence-corrected chi connectivity index (χ3v) is 11.6. The van der Waals surface area contributed by atoms with Crippen LogP contribution in [-0.2, 0) is 24.8 Å². The van der Waals surface area contributed by atoms with Crippen LogP contribution in [0.25, 0.3) is 11.2 Å². The number of benzene rings is 1. The van der Waals surface area contributed by atoms with Gasteiger partial charge in [0.2, 0.25) is 5.28 Å². The summed E-state index contributed by atoms with van der Waals surface area (Å²) in [7, 11) is -9.54. The normalized spacial score (nSPS) is 27.4. The van der Waals surface area contributed by atoms with Gasteiger partial charge < -0.3 is 39.1 Å². The van der Waals surface area contributed by atoms with E-state index in [1.54, 1.807) is 0 Å². The smallest absolute Gasteiger partial charge is 0.340 e. The third-order valence-electron chi connectivity index (χ3n) is 8.01. The van der Waals surface area contributed by atoms with Crippen LogP contribution in [0.15, 0.2) is 30.6 Å². The molecule has 1 aliphatic carbocycles. The molecule has 5 N–H and O–H groups in total. The molecule has 1 saturated carbocycles. The monoisotopic (exact) mass is 629 g/mol. The van der Waals surface area contributed by atoms with Crippen LogP contribution in [0.2, 0.25) is 5.28 Å². The number of aliphatic hydroxyl groups excluding tert-OH is 2. The minimum atomic E-state index is -4.84. The summed E-state index contributed by atoms with van der Waals surface area (Å²) in [4.78, 5) is 43.6. The van der Waals surface area contributed by atoms with Crippen LogP contribution in [-0.4, -0.2) is 80.8 Å².